The fourth-order valence-corrected chi connectivity index (χ4v) is 1.65. The third-order valence-electron chi connectivity index (χ3n) is 2.09. The summed E-state index contributed by atoms with van der Waals surface area (Å²) in [6.45, 7) is 0. The molecule has 0 amide bonds. The molecule has 0 aliphatic heterocycles. The third-order valence-corrected chi connectivity index (χ3v) is 2.46. The topological polar surface area (TPSA) is 91.5 Å². The van der Waals surface area contributed by atoms with Crippen LogP contribution >= 0.6 is 23.2 Å². The molecular weight excluding hydrogens is 305 g/mol. The van der Waals surface area contributed by atoms with Gasteiger partial charge in [0.1, 0.15) is 12.7 Å². The Morgan fingerprint density at radius 3 is 2.70 bits per heavy atom. The predicted molar refractivity (Wildman–Crippen MR) is 69.1 cm³/mol. The van der Waals surface area contributed by atoms with Gasteiger partial charge in [0.25, 0.3) is 5.95 Å². The van der Waals surface area contributed by atoms with Gasteiger partial charge in [-0.3, -0.25) is 4.98 Å². The lowest BCUT2D eigenvalue weighted by Crippen LogP contribution is -2.05. The summed E-state index contributed by atoms with van der Waals surface area (Å²) >= 11 is 11.6. The van der Waals surface area contributed by atoms with Gasteiger partial charge in [-0.1, -0.05) is 11.6 Å². The van der Waals surface area contributed by atoms with Gasteiger partial charge in [-0.15, -0.1) is 0 Å². The Bertz CT molecular complexity index is 734. The van der Waals surface area contributed by atoms with Gasteiger partial charge in [-0.05, 0) is 11.6 Å². The average molecular weight is 310 g/mol. The van der Waals surface area contributed by atoms with E-state index in [4.69, 9.17) is 27.9 Å². The summed E-state index contributed by atoms with van der Waals surface area (Å²) in [6.07, 6.45) is 5.73. The summed E-state index contributed by atoms with van der Waals surface area (Å²) in [6, 6.07) is 1.57. The molecule has 10 heteroatoms. The molecule has 3 aromatic heterocycles. The average Bonchev–Trinajstić information content (AvgIpc) is 2.91. The first-order valence-corrected chi connectivity index (χ1v) is 6.01. The number of hydrogen-bond donors (Lipinski definition) is 0. The first-order valence-electron chi connectivity index (χ1n) is 5.26. The van der Waals surface area contributed by atoms with E-state index in [2.05, 4.69) is 30.0 Å². The summed E-state index contributed by atoms with van der Waals surface area (Å²) in [5.41, 5.74) is 0. The predicted octanol–water partition coefficient (Wildman–Crippen LogP) is 1.95. The molecule has 0 bridgehead atoms. The van der Waals surface area contributed by atoms with E-state index in [1.54, 1.807) is 6.07 Å². The van der Waals surface area contributed by atoms with E-state index in [-0.39, 0.29) is 17.2 Å². The molecule has 0 atom stereocenters. The summed E-state index contributed by atoms with van der Waals surface area (Å²) in [5, 5.41) is 4.29. The van der Waals surface area contributed by atoms with Crippen LogP contribution in [0.2, 0.25) is 10.3 Å². The van der Waals surface area contributed by atoms with Gasteiger partial charge in [-0.2, -0.15) is 24.7 Å². The third kappa shape index (κ3) is 2.81. The van der Waals surface area contributed by atoms with Gasteiger partial charge >= 0.3 is 6.01 Å². The SMILES string of the molecule is Clc1cncc(Oc2nc(Cl)nc(-n3cncn3)n2)c1. The highest BCUT2D eigenvalue weighted by Crippen LogP contribution is 2.21. The maximum Gasteiger partial charge on any atom is 0.328 e. The second kappa shape index (κ2) is 5.35. The van der Waals surface area contributed by atoms with E-state index < -0.39 is 0 Å². The smallest absolute Gasteiger partial charge is 0.328 e. The van der Waals surface area contributed by atoms with Gasteiger partial charge in [0.2, 0.25) is 5.28 Å². The zero-order chi connectivity index (χ0) is 13.9. The minimum absolute atomic E-state index is 0.000401. The van der Waals surface area contributed by atoms with Crippen molar-refractivity contribution in [3.63, 3.8) is 0 Å². The molecule has 8 nitrogen and oxygen atoms in total. The van der Waals surface area contributed by atoms with Crippen molar-refractivity contribution in [1.29, 1.82) is 0 Å². The van der Waals surface area contributed by atoms with Gasteiger partial charge in [0.15, 0.2) is 5.75 Å². The molecule has 20 heavy (non-hydrogen) atoms. The largest absolute Gasteiger partial charge is 0.422 e. The first-order chi connectivity index (χ1) is 9.70. The van der Waals surface area contributed by atoms with Gasteiger partial charge in [0, 0.05) is 12.3 Å². The zero-order valence-electron chi connectivity index (χ0n) is 9.68. The second-order valence-corrected chi connectivity index (χ2v) is 4.24. The summed E-state index contributed by atoms with van der Waals surface area (Å²) in [5.74, 6) is 0.566. The number of ether oxygens (including phenoxy) is 1. The number of aromatic nitrogens is 7. The lowest BCUT2D eigenvalue weighted by molar-refractivity contribution is 0.435. The molecule has 3 aromatic rings. The minimum atomic E-state index is -0.0320. The van der Waals surface area contributed by atoms with Gasteiger partial charge < -0.3 is 4.74 Å². The number of pyridine rings is 1. The highest BCUT2D eigenvalue weighted by Gasteiger charge is 2.09. The molecule has 0 spiro atoms. The molecule has 0 aliphatic carbocycles. The van der Waals surface area contributed by atoms with Crippen LogP contribution in [-0.2, 0) is 0 Å². The highest BCUT2D eigenvalue weighted by atomic mass is 35.5. The molecule has 3 rings (SSSR count). The van der Waals surface area contributed by atoms with E-state index >= 15 is 0 Å². The molecule has 3 heterocycles. The Labute approximate surface area is 122 Å². The Hall–Kier alpha value is -2.32. The molecule has 0 saturated carbocycles. The highest BCUT2D eigenvalue weighted by molar-refractivity contribution is 6.30. The standard InChI is InChI=1S/C10H5Cl2N7O/c11-6-1-7(3-13-2-6)20-10-17-8(12)16-9(18-10)19-5-14-4-15-19/h1-5H. The maximum atomic E-state index is 5.82. The molecule has 0 fully saturated rings. The Morgan fingerprint density at radius 1 is 1.05 bits per heavy atom. The van der Waals surface area contributed by atoms with E-state index in [0.29, 0.717) is 10.8 Å². The van der Waals surface area contributed by atoms with Crippen molar-refractivity contribution in [2.75, 3.05) is 0 Å². The summed E-state index contributed by atoms with van der Waals surface area (Å²) in [4.78, 5) is 19.5. The fraction of sp³-hybridized carbons (Fsp3) is 0. The molecule has 100 valence electrons. The number of rotatable bonds is 3. The molecule has 0 saturated heterocycles. The van der Waals surface area contributed by atoms with Crippen LogP contribution < -0.4 is 4.74 Å². The van der Waals surface area contributed by atoms with Crippen LogP contribution in [0.4, 0.5) is 0 Å². The van der Waals surface area contributed by atoms with Crippen molar-refractivity contribution in [2.24, 2.45) is 0 Å². The van der Waals surface area contributed by atoms with Gasteiger partial charge in [-0.25, -0.2) is 4.98 Å². The maximum absolute atomic E-state index is 5.82. The van der Waals surface area contributed by atoms with E-state index in [0.717, 1.165) is 0 Å². The minimum Gasteiger partial charge on any atom is -0.422 e. The van der Waals surface area contributed by atoms with Crippen molar-refractivity contribution in [3.05, 3.63) is 41.4 Å². The molecular formula is C10H5Cl2N7O. The number of nitrogens with zero attached hydrogens (tertiary/aromatic N) is 7. The lowest BCUT2D eigenvalue weighted by atomic mass is 10.5. The Balaban J connectivity index is 1.94. The molecule has 0 radical (unpaired) electrons. The fourth-order valence-electron chi connectivity index (χ4n) is 1.34. The van der Waals surface area contributed by atoms with Crippen LogP contribution in [0, 0.1) is 0 Å². The first kappa shape index (κ1) is 12.7. The Kier molecular flexibility index (Phi) is 3.40. The number of hydrogen-bond acceptors (Lipinski definition) is 7. The van der Waals surface area contributed by atoms with Crippen LogP contribution in [-0.4, -0.2) is 34.7 Å². The second-order valence-electron chi connectivity index (χ2n) is 3.47. The van der Waals surface area contributed by atoms with E-state index in [9.17, 15) is 0 Å². The van der Waals surface area contributed by atoms with Crippen LogP contribution in [0.15, 0.2) is 31.1 Å². The zero-order valence-corrected chi connectivity index (χ0v) is 11.2. The number of halogens is 2. The molecule has 0 N–H and O–H groups in total. The van der Waals surface area contributed by atoms with Crippen molar-refractivity contribution >= 4 is 23.2 Å². The van der Waals surface area contributed by atoms with Crippen molar-refractivity contribution < 1.29 is 4.74 Å². The van der Waals surface area contributed by atoms with Crippen molar-refractivity contribution in [3.8, 4) is 17.7 Å². The molecule has 0 aromatic carbocycles. The van der Waals surface area contributed by atoms with Crippen molar-refractivity contribution in [1.82, 2.24) is 34.7 Å². The van der Waals surface area contributed by atoms with Gasteiger partial charge in [0.05, 0.1) is 11.2 Å². The molecule has 0 aliphatic rings. The van der Waals surface area contributed by atoms with Crippen LogP contribution in [0.1, 0.15) is 0 Å². The monoisotopic (exact) mass is 309 g/mol. The lowest BCUT2D eigenvalue weighted by Gasteiger charge is -2.05. The Morgan fingerprint density at radius 2 is 1.95 bits per heavy atom. The van der Waals surface area contributed by atoms with Crippen LogP contribution in [0.5, 0.6) is 11.8 Å². The summed E-state index contributed by atoms with van der Waals surface area (Å²) < 4.78 is 6.75. The van der Waals surface area contributed by atoms with Crippen LogP contribution in [0.25, 0.3) is 5.95 Å². The van der Waals surface area contributed by atoms with Crippen LogP contribution in [0.3, 0.4) is 0 Å². The molecule has 0 unspecified atom stereocenters. The van der Waals surface area contributed by atoms with E-state index in [1.165, 1.54) is 29.7 Å². The normalized spacial score (nSPS) is 10.5. The summed E-state index contributed by atoms with van der Waals surface area (Å²) in [7, 11) is 0. The van der Waals surface area contributed by atoms with E-state index in [1.807, 2.05) is 0 Å². The quantitative estimate of drug-likeness (QED) is 0.730. The van der Waals surface area contributed by atoms with Crippen molar-refractivity contribution in [2.45, 2.75) is 0 Å².